The standard InChI is InChI=1S/C13H14N2O2/c1-10-3-5-12(6-4-10)9-17-13(16)15-8-11(2)7-14-15/h3-8H,9H2,1-2H3. The molecule has 0 radical (unpaired) electrons. The molecular formula is C13H14N2O2. The molecule has 0 unspecified atom stereocenters. The van der Waals surface area contributed by atoms with E-state index in [0.29, 0.717) is 0 Å². The van der Waals surface area contributed by atoms with E-state index in [1.165, 1.54) is 10.2 Å². The molecule has 2 rings (SSSR count). The maximum absolute atomic E-state index is 11.6. The van der Waals surface area contributed by atoms with Crippen LogP contribution < -0.4 is 0 Å². The van der Waals surface area contributed by atoms with Gasteiger partial charge in [-0.15, -0.1) is 0 Å². The predicted molar refractivity (Wildman–Crippen MR) is 63.7 cm³/mol. The van der Waals surface area contributed by atoms with E-state index in [-0.39, 0.29) is 6.61 Å². The second-order valence-corrected chi connectivity index (χ2v) is 4.00. The van der Waals surface area contributed by atoms with Crippen molar-refractivity contribution < 1.29 is 9.53 Å². The van der Waals surface area contributed by atoms with Crippen LogP contribution in [0, 0.1) is 13.8 Å². The summed E-state index contributed by atoms with van der Waals surface area (Å²) in [4.78, 5) is 11.6. The lowest BCUT2D eigenvalue weighted by Crippen LogP contribution is -2.13. The molecule has 0 saturated carbocycles. The number of ether oxygens (including phenoxy) is 1. The van der Waals surface area contributed by atoms with E-state index in [0.717, 1.165) is 11.1 Å². The molecule has 0 saturated heterocycles. The first-order valence-corrected chi connectivity index (χ1v) is 5.39. The molecule has 0 N–H and O–H groups in total. The first-order valence-electron chi connectivity index (χ1n) is 5.39. The fourth-order valence-corrected chi connectivity index (χ4v) is 1.41. The van der Waals surface area contributed by atoms with E-state index in [2.05, 4.69) is 5.10 Å². The van der Waals surface area contributed by atoms with Crippen LogP contribution in [0.2, 0.25) is 0 Å². The molecule has 0 fully saturated rings. The van der Waals surface area contributed by atoms with Crippen molar-refractivity contribution in [3.05, 3.63) is 53.3 Å². The molecule has 1 aromatic carbocycles. The molecule has 0 aliphatic rings. The lowest BCUT2D eigenvalue weighted by Gasteiger charge is -2.04. The second kappa shape index (κ2) is 4.82. The third kappa shape index (κ3) is 2.93. The van der Waals surface area contributed by atoms with Gasteiger partial charge in [0, 0.05) is 6.20 Å². The van der Waals surface area contributed by atoms with Crippen LogP contribution >= 0.6 is 0 Å². The highest BCUT2D eigenvalue weighted by Crippen LogP contribution is 2.05. The van der Waals surface area contributed by atoms with Crippen molar-refractivity contribution in [1.82, 2.24) is 9.78 Å². The molecule has 0 spiro atoms. The summed E-state index contributed by atoms with van der Waals surface area (Å²) in [6.45, 7) is 4.15. The average Bonchev–Trinajstić information content (AvgIpc) is 2.75. The smallest absolute Gasteiger partial charge is 0.435 e. The highest BCUT2D eigenvalue weighted by atomic mass is 16.6. The van der Waals surface area contributed by atoms with Gasteiger partial charge in [0.1, 0.15) is 6.61 Å². The Morgan fingerprint density at radius 1 is 1.24 bits per heavy atom. The maximum atomic E-state index is 11.6. The van der Waals surface area contributed by atoms with E-state index in [4.69, 9.17) is 4.74 Å². The summed E-state index contributed by atoms with van der Waals surface area (Å²) in [7, 11) is 0. The Labute approximate surface area is 99.8 Å². The van der Waals surface area contributed by atoms with Gasteiger partial charge in [0.2, 0.25) is 0 Å². The van der Waals surface area contributed by atoms with Crippen molar-refractivity contribution in [2.45, 2.75) is 20.5 Å². The van der Waals surface area contributed by atoms with Crippen LogP contribution in [0.1, 0.15) is 16.7 Å². The largest absolute Gasteiger partial charge is 0.443 e. The molecule has 0 bridgehead atoms. The molecule has 0 amide bonds. The van der Waals surface area contributed by atoms with Gasteiger partial charge in [-0.2, -0.15) is 9.78 Å². The summed E-state index contributed by atoms with van der Waals surface area (Å²) in [6, 6.07) is 7.86. The SMILES string of the molecule is Cc1ccc(COC(=O)n2cc(C)cn2)cc1. The summed E-state index contributed by atoms with van der Waals surface area (Å²) < 4.78 is 6.33. The Balaban J connectivity index is 1.94. The number of rotatable bonds is 2. The van der Waals surface area contributed by atoms with E-state index in [9.17, 15) is 4.79 Å². The van der Waals surface area contributed by atoms with Crippen molar-refractivity contribution in [3.63, 3.8) is 0 Å². The van der Waals surface area contributed by atoms with Crippen LogP contribution in [0.4, 0.5) is 4.79 Å². The molecule has 1 aromatic heterocycles. The zero-order chi connectivity index (χ0) is 12.3. The van der Waals surface area contributed by atoms with Gasteiger partial charge in [-0.05, 0) is 25.0 Å². The molecule has 1 heterocycles. The van der Waals surface area contributed by atoms with Crippen LogP contribution in [0.5, 0.6) is 0 Å². The van der Waals surface area contributed by atoms with Gasteiger partial charge in [0.15, 0.2) is 0 Å². The number of nitrogens with zero attached hydrogens (tertiary/aromatic N) is 2. The number of benzene rings is 1. The quantitative estimate of drug-likeness (QED) is 0.796. The molecule has 0 aliphatic heterocycles. The van der Waals surface area contributed by atoms with Crippen LogP contribution in [-0.4, -0.2) is 15.9 Å². The Bertz CT molecular complexity index is 514. The zero-order valence-electron chi connectivity index (χ0n) is 9.88. The second-order valence-electron chi connectivity index (χ2n) is 4.00. The highest BCUT2D eigenvalue weighted by Gasteiger charge is 2.06. The predicted octanol–water partition coefficient (Wildman–Crippen LogP) is 2.68. The molecule has 2 aromatic rings. The van der Waals surface area contributed by atoms with E-state index in [1.807, 2.05) is 38.1 Å². The van der Waals surface area contributed by atoms with Crippen molar-refractivity contribution >= 4 is 6.09 Å². The van der Waals surface area contributed by atoms with Crippen molar-refractivity contribution in [1.29, 1.82) is 0 Å². The first-order chi connectivity index (χ1) is 8.15. The number of hydrogen-bond donors (Lipinski definition) is 0. The van der Waals surface area contributed by atoms with Gasteiger partial charge >= 0.3 is 6.09 Å². The summed E-state index contributed by atoms with van der Waals surface area (Å²) in [6.07, 6.45) is 2.80. The van der Waals surface area contributed by atoms with Crippen molar-refractivity contribution in [2.75, 3.05) is 0 Å². The average molecular weight is 230 g/mol. The van der Waals surface area contributed by atoms with Gasteiger partial charge in [0.25, 0.3) is 0 Å². The Morgan fingerprint density at radius 3 is 2.53 bits per heavy atom. The topological polar surface area (TPSA) is 44.1 Å². The van der Waals surface area contributed by atoms with Gasteiger partial charge in [-0.1, -0.05) is 29.8 Å². The molecule has 4 nitrogen and oxygen atoms in total. The summed E-state index contributed by atoms with van der Waals surface area (Å²) in [5.74, 6) is 0. The molecular weight excluding hydrogens is 216 g/mol. The third-order valence-corrected chi connectivity index (χ3v) is 2.38. The van der Waals surface area contributed by atoms with Gasteiger partial charge < -0.3 is 4.74 Å². The van der Waals surface area contributed by atoms with Crippen LogP contribution in [0.3, 0.4) is 0 Å². The lowest BCUT2D eigenvalue weighted by atomic mass is 10.2. The minimum Gasteiger partial charge on any atom is -0.443 e. The summed E-state index contributed by atoms with van der Waals surface area (Å²) in [5.41, 5.74) is 3.08. The number of aryl methyl sites for hydroxylation is 2. The fraction of sp³-hybridized carbons (Fsp3) is 0.231. The van der Waals surface area contributed by atoms with Gasteiger partial charge in [-0.3, -0.25) is 0 Å². The molecule has 88 valence electrons. The number of hydrogen-bond acceptors (Lipinski definition) is 3. The van der Waals surface area contributed by atoms with Crippen molar-refractivity contribution in [3.8, 4) is 0 Å². The third-order valence-electron chi connectivity index (χ3n) is 2.38. The van der Waals surface area contributed by atoms with Crippen molar-refractivity contribution in [2.24, 2.45) is 0 Å². The molecule has 0 aliphatic carbocycles. The Morgan fingerprint density at radius 2 is 1.94 bits per heavy atom. The van der Waals surface area contributed by atoms with Crippen LogP contribution in [0.25, 0.3) is 0 Å². The van der Waals surface area contributed by atoms with E-state index >= 15 is 0 Å². The monoisotopic (exact) mass is 230 g/mol. The first kappa shape index (κ1) is 11.4. The minimum absolute atomic E-state index is 0.262. The Hall–Kier alpha value is -2.10. The number of aromatic nitrogens is 2. The van der Waals surface area contributed by atoms with Crippen LogP contribution in [0.15, 0.2) is 36.7 Å². The summed E-state index contributed by atoms with van der Waals surface area (Å²) >= 11 is 0. The maximum Gasteiger partial charge on any atom is 0.435 e. The van der Waals surface area contributed by atoms with E-state index in [1.54, 1.807) is 12.4 Å². The Kier molecular flexibility index (Phi) is 3.23. The minimum atomic E-state index is -0.460. The zero-order valence-corrected chi connectivity index (χ0v) is 9.88. The highest BCUT2D eigenvalue weighted by molar-refractivity contribution is 5.69. The normalized spacial score (nSPS) is 10.2. The number of carbonyl (C=O) groups is 1. The van der Waals surface area contributed by atoms with Gasteiger partial charge in [0.05, 0.1) is 6.20 Å². The molecule has 17 heavy (non-hydrogen) atoms. The summed E-state index contributed by atoms with van der Waals surface area (Å²) in [5, 5.41) is 3.88. The molecule has 4 heteroatoms. The lowest BCUT2D eigenvalue weighted by molar-refractivity contribution is 0.138. The number of carbonyl (C=O) groups excluding carboxylic acids is 1. The molecule has 0 atom stereocenters. The van der Waals surface area contributed by atoms with Gasteiger partial charge in [-0.25, -0.2) is 4.79 Å². The van der Waals surface area contributed by atoms with E-state index < -0.39 is 6.09 Å². The fourth-order valence-electron chi connectivity index (χ4n) is 1.41. The van der Waals surface area contributed by atoms with Crippen LogP contribution in [-0.2, 0) is 11.3 Å².